The van der Waals surface area contributed by atoms with E-state index in [0.29, 0.717) is 17.8 Å². The van der Waals surface area contributed by atoms with Crippen LogP contribution < -0.4 is 0 Å². The van der Waals surface area contributed by atoms with Gasteiger partial charge in [0.1, 0.15) is 0 Å². The van der Waals surface area contributed by atoms with E-state index in [2.05, 4.69) is 162 Å². The SMILES string of the molecule is C1=CCC(c2ccc3c(c2)c2cc(-c4ccccc4)ccc2n3-c2ccc3c(c2)C2C=CC=CC2c2ccccc2-3)C=C1. The molecule has 0 fully saturated rings. The van der Waals surface area contributed by atoms with E-state index in [-0.39, 0.29) is 0 Å². The fraction of sp³-hybridized carbons (Fsp3) is 0.0952. The van der Waals surface area contributed by atoms with Crippen LogP contribution in [0.4, 0.5) is 0 Å². The first-order valence-corrected chi connectivity index (χ1v) is 15.4. The lowest BCUT2D eigenvalue weighted by Crippen LogP contribution is -2.16. The average Bonchev–Trinajstić information content (AvgIpc) is 3.42. The Kier molecular flexibility index (Phi) is 5.52. The van der Waals surface area contributed by atoms with Crippen molar-refractivity contribution in [3.63, 3.8) is 0 Å². The maximum absolute atomic E-state index is 2.48. The topological polar surface area (TPSA) is 4.93 Å². The molecule has 1 heteroatoms. The molecule has 0 aliphatic heterocycles. The van der Waals surface area contributed by atoms with Crippen molar-refractivity contribution in [3.8, 4) is 27.9 Å². The van der Waals surface area contributed by atoms with Gasteiger partial charge in [-0.15, -0.1) is 0 Å². The quantitative estimate of drug-likeness (QED) is 0.207. The molecule has 0 spiro atoms. The highest BCUT2D eigenvalue weighted by Gasteiger charge is 2.32. The van der Waals surface area contributed by atoms with Gasteiger partial charge in [-0.2, -0.15) is 0 Å². The van der Waals surface area contributed by atoms with Gasteiger partial charge >= 0.3 is 0 Å². The Morgan fingerprint density at radius 3 is 2.07 bits per heavy atom. The molecule has 3 atom stereocenters. The summed E-state index contributed by atoms with van der Waals surface area (Å²) in [6.45, 7) is 0. The Morgan fingerprint density at radius 1 is 0.512 bits per heavy atom. The van der Waals surface area contributed by atoms with E-state index in [1.807, 2.05) is 0 Å². The van der Waals surface area contributed by atoms with Crippen molar-refractivity contribution in [1.82, 2.24) is 4.57 Å². The summed E-state index contributed by atoms with van der Waals surface area (Å²) in [5, 5.41) is 2.62. The first-order chi connectivity index (χ1) is 21.3. The van der Waals surface area contributed by atoms with Crippen molar-refractivity contribution in [2.75, 3.05) is 0 Å². The van der Waals surface area contributed by atoms with Gasteiger partial charge in [-0.3, -0.25) is 0 Å². The summed E-state index contributed by atoms with van der Waals surface area (Å²) in [5.74, 6) is 1.12. The summed E-state index contributed by atoms with van der Waals surface area (Å²) in [5.41, 5.74) is 13.2. The number of nitrogens with zero attached hydrogens (tertiary/aromatic N) is 1. The Labute approximate surface area is 252 Å². The van der Waals surface area contributed by atoms with E-state index in [0.717, 1.165) is 6.42 Å². The van der Waals surface area contributed by atoms with Crippen LogP contribution >= 0.6 is 0 Å². The van der Waals surface area contributed by atoms with Crippen molar-refractivity contribution in [2.24, 2.45) is 0 Å². The number of hydrogen-bond acceptors (Lipinski definition) is 0. The van der Waals surface area contributed by atoms with Crippen molar-refractivity contribution >= 4 is 21.8 Å². The summed E-state index contributed by atoms with van der Waals surface area (Å²) in [7, 11) is 0. The number of fused-ring (bicyclic) bond motifs is 9. The normalized spacial score (nSPS) is 19.9. The van der Waals surface area contributed by atoms with Gasteiger partial charge in [-0.1, -0.05) is 121 Å². The molecule has 0 saturated heterocycles. The summed E-state index contributed by atoms with van der Waals surface area (Å²) < 4.78 is 2.48. The Hall–Kier alpha value is -5.14. The molecule has 43 heavy (non-hydrogen) atoms. The molecule has 1 heterocycles. The van der Waals surface area contributed by atoms with Gasteiger partial charge in [0.2, 0.25) is 0 Å². The van der Waals surface area contributed by atoms with Crippen molar-refractivity contribution < 1.29 is 0 Å². The van der Waals surface area contributed by atoms with E-state index in [9.17, 15) is 0 Å². The second kappa shape index (κ2) is 9.71. The smallest absolute Gasteiger partial charge is 0.0541 e. The van der Waals surface area contributed by atoms with Crippen LogP contribution in [0.3, 0.4) is 0 Å². The van der Waals surface area contributed by atoms with Gasteiger partial charge in [-0.25, -0.2) is 0 Å². The van der Waals surface area contributed by atoms with Gasteiger partial charge in [-0.05, 0) is 81.8 Å². The van der Waals surface area contributed by atoms with E-state index in [1.165, 1.54) is 66.4 Å². The third kappa shape index (κ3) is 3.85. The van der Waals surface area contributed by atoms with Crippen LogP contribution in [-0.4, -0.2) is 4.57 Å². The lowest BCUT2D eigenvalue weighted by Gasteiger charge is -2.34. The molecule has 204 valence electrons. The Morgan fingerprint density at radius 2 is 1.23 bits per heavy atom. The maximum atomic E-state index is 2.48. The van der Waals surface area contributed by atoms with E-state index in [1.54, 1.807) is 0 Å². The second-order valence-electron chi connectivity index (χ2n) is 12.0. The van der Waals surface area contributed by atoms with Crippen LogP contribution in [0.5, 0.6) is 0 Å². The zero-order chi connectivity index (χ0) is 28.3. The van der Waals surface area contributed by atoms with Gasteiger partial charge in [0.15, 0.2) is 0 Å². The van der Waals surface area contributed by atoms with Crippen LogP contribution in [0.25, 0.3) is 49.7 Å². The van der Waals surface area contributed by atoms with Gasteiger partial charge in [0.05, 0.1) is 11.0 Å². The van der Waals surface area contributed by atoms with E-state index >= 15 is 0 Å². The molecule has 0 radical (unpaired) electrons. The molecule has 0 saturated carbocycles. The molecule has 9 rings (SSSR count). The molecule has 0 N–H and O–H groups in total. The van der Waals surface area contributed by atoms with Crippen molar-refractivity contribution in [3.05, 3.63) is 174 Å². The molecule has 3 aliphatic carbocycles. The van der Waals surface area contributed by atoms with Crippen LogP contribution in [0.1, 0.15) is 40.9 Å². The summed E-state index contributed by atoms with van der Waals surface area (Å²) >= 11 is 0. The van der Waals surface area contributed by atoms with Gasteiger partial charge in [0, 0.05) is 34.2 Å². The number of allylic oxidation sites excluding steroid dienone is 8. The molecular weight excluding hydrogens is 518 g/mol. The van der Waals surface area contributed by atoms with Crippen molar-refractivity contribution in [1.29, 1.82) is 0 Å². The summed E-state index contributed by atoms with van der Waals surface area (Å²) in [6, 6.07) is 40.9. The lowest BCUT2D eigenvalue weighted by molar-refractivity contribution is 0.719. The number of benzene rings is 5. The highest BCUT2D eigenvalue weighted by atomic mass is 15.0. The molecule has 6 aromatic rings. The molecule has 1 aromatic heterocycles. The number of hydrogen-bond donors (Lipinski definition) is 0. The zero-order valence-electron chi connectivity index (χ0n) is 23.9. The molecule has 1 nitrogen and oxygen atoms in total. The summed E-state index contributed by atoms with van der Waals surface area (Å²) in [4.78, 5) is 0. The highest BCUT2D eigenvalue weighted by molar-refractivity contribution is 6.10. The fourth-order valence-electron chi connectivity index (χ4n) is 7.63. The van der Waals surface area contributed by atoms with Crippen LogP contribution in [0, 0.1) is 0 Å². The second-order valence-corrected chi connectivity index (χ2v) is 12.0. The Balaban J connectivity index is 1.28. The predicted octanol–water partition coefficient (Wildman–Crippen LogP) is 11.0. The number of aromatic nitrogens is 1. The van der Waals surface area contributed by atoms with Gasteiger partial charge in [0.25, 0.3) is 0 Å². The molecular formula is C42H31N. The third-order valence-electron chi connectivity index (χ3n) is 9.70. The zero-order valence-corrected chi connectivity index (χ0v) is 23.9. The fourth-order valence-corrected chi connectivity index (χ4v) is 7.63. The molecule has 0 bridgehead atoms. The van der Waals surface area contributed by atoms with E-state index < -0.39 is 0 Å². The minimum Gasteiger partial charge on any atom is -0.309 e. The third-order valence-corrected chi connectivity index (χ3v) is 9.70. The average molecular weight is 550 g/mol. The highest BCUT2D eigenvalue weighted by Crippen LogP contribution is 2.50. The minimum atomic E-state index is 0.338. The van der Waals surface area contributed by atoms with Crippen LogP contribution in [0.2, 0.25) is 0 Å². The first-order valence-electron chi connectivity index (χ1n) is 15.4. The van der Waals surface area contributed by atoms with Crippen LogP contribution in [0.15, 0.2) is 158 Å². The van der Waals surface area contributed by atoms with Crippen LogP contribution in [-0.2, 0) is 0 Å². The van der Waals surface area contributed by atoms with Gasteiger partial charge < -0.3 is 4.57 Å². The monoisotopic (exact) mass is 549 g/mol. The van der Waals surface area contributed by atoms with E-state index in [4.69, 9.17) is 0 Å². The first kappa shape index (κ1) is 24.5. The molecule has 0 amide bonds. The molecule has 5 aromatic carbocycles. The van der Waals surface area contributed by atoms with Crippen molar-refractivity contribution in [2.45, 2.75) is 24.2 Å². The standard InChI is InChI=1S/C42H31N/c1-3-11-28(12-4-1)30-19-23-41-39(25-30)40-26-31(29-13-5-2-6-14-29)20-24-42(40)43(41)32-21-22-37-35-17-8-7-15-33(35)34-16-9-10-18-36(34)38(37)27-32/h1-13,15-27,29,34,36H,14H2. The predicted molar refractivity (Wildman–Crippen MR) is 181 cm³/mol. The largest absolute Gasteiger partial charge is 0.309 e. The summed E-state index contributed by atoms with van der Waals surface area (Å²) in [6.07, 6.45) is 19.2. The number of rotatable bonds is 3. The minimum absolute atomic E-state index is 0.338. The molecule has 3 aliphatic rings. The molecule has 3 unspecified atom stereocenters. The Bertz CT molecular complexity index is 2170. The lowest BCUT2D eigenvalue weighted by atomic mass is 9.70. The maximum Gasteiger partial charge on any atom is 0.0541 e.